The van der Waals surface area contributed by atoms with Crippen LogP contribution in [0.4, 0.5) is 0 Å². The number of rotatable bonds is 8. The highest BCUT2D eigenvalue weighted by Crippen LogP contribution is 2.24. The predicted octanol–water partition coefficient (Wildman–Crippen LogP) is 4.79. The monoisotopic (exact) mass is 473 g/mol. The number of aliphatic hydroxyl groups is 1. The van der Waals surface area contributed by atoms with Gasteiger partial charge in [0.2, 0.25) is 0 Å². The van der Waals surface area contributed by atoms with Crippen LogP contribution in [0.3, 0.4) is 0 Å². The Hall–Kier alpha value is -3.71. The van der Waals surface area contributed by atoms with Gasteiger partial charge in [-0.25, -0.2) is 5.43 Å². The third kappa shape index (κ3) is 5.43. The summed E-state index contributed by atoms with van der Waals surface area (Å²) in [5, 5.41) is 29.0. The Labute approximate surface area is 202 Å². The maximum Gasteiger partial charge on any atom is 0.271 e. The Morgan fingerprint density at radius 1 is 0.971 bits per heavy atom. The molecule has 4 N–H and O–H groups in total. The van der Waals surface area contributed by atoms with E-state index in [9.17, 15) is 15.0 Å². The van der Waals surface area contributed by atoms with Crippen LogP contribution in [0.25, 0.3) is 10.8 Å². The van der Waals surface area contributed by atoms with Crippen molar-refractivity contribution in [2.75, 3.05) is 6.61 Å². The van der Waals surface area contributed by atoms with Crippen molar-refractivity contribution in [1.29, 1.82) is 0 Å². The van der Waals surface area contributed by atoms with Crippen molar-refractivity contribution < 1.29 is 15.0 Å². The fourth-order valence-corrected chi connectivity index (χ4v) is 3.91. The largest absolute Gasteiger partial charge is 0.506 e. The van der Waals surface area contributed by atoms with Crippen LogP contribution in [-0.2, 0) is 6.54 Å². The fraction of sp³-hybridized carbons (Fsp3) is 0.111. The van der Waals surface area contributed by atoms with Crippen LogP contribution in [0.1, 0.15) is 33.1 Å². The topological polar surface area (TPSA) is 94.0 Å². The van der Waals surface area contributed by atoms with Crippen LogP contribution in [0.15, 0.2) is 90.0 Å². The van der Waals surface area contributed by atoms with Gasteiger partial charge in [0.1, 0.15) is 5.75 Å². The van der Waals surface area contributed by atoms with Crippen molar-refractivity contribution in [1.82, 2.24) is 10.7 Å². The molecule has 6 nitrogen and oxygen atoms in total. The van der Waals surface area contributed by atoms with Gasteiger partial charge in [-0.15, -0.1) is 0 Å². The first-order chi connectivity index (χ1) is 16.6. The molecule has 0 bridgehead atoms. The Morgan fingerprint density at radius 2 is 1.71 bits per heavy atom. The van der Waals surface area contributed by atoms with Gasteiger partial charge in [-0.2, -0.15) is 5.10 Å². The second-order valence-corrected chi connectivity index (χ2v) is 8.16. The second kappa shape index (κ2) is 10.9. The molecule has 0 spiro atoms. The van der Waals surface area contributed by atoms with Crippen molar-refractivity contribution in [2.24, 2.45) is 5.10 Å². The number of halogens is 1. The molecule has 4 aromatic carbocycles. The summed E-state index contributed by atoms with van der Waals surface area (Å²) in [7, 11) is 0. The summed E-state index contributed by atoms with van der Waals surface area (Å²) in [4.78, 5) is 12.3. The first kappa shape index (κ1) is 23.4. The lowest BCUT2D eigenvalue weighted by Gasteiger charge is -2.18. The molecule has 0 aromatic heterocycles. The van der Waals surface area contributed by atoms with E-state index in [1.807, 2.05) is 66.7 Å². The number of hydrogen-bond acceptors (Lipinski definition) is 5. The number of hydrogen-bond donors (Lipinski definition) is 4. The zero-order valence-electron chi connectivity index (χ0n) is 18.3. The molecule has 0 saturated heterocycles. The molecule has 0 saturated carbocycles. The number of hydrazone groups is 1. The SMILES string of the molecule is O=C(NN=Cc1ccc(CN[C@@H](CO)c2ccccc2)c2ccccc12)c1ccc(O)c(Cl)c1. The lowest BCUT2D eigenvalue weighted by molar-refractivity contribution is 0.0955. The molecule has 1 amide bonds. The van der Waals surface area contributed by atoms with Gasteiger partial charge >= 0.3 is 0 Å². The number of carbonyl (C=O) groups is 1. The lowest BCUT2D eigenvalue weighted by Crippen LogP contribution is -2.24. The highest BCUT2D eigenvalue weighted by Gasteiger charge is 2.11. The average Bonchev–Trinajstić information content (AvgIpc) is 2.87. The van der Waals surface area contributed by atoms with E-state index >= 15 is 0 Å². The number of amides is 1. The number of nitrogens with zero attached hydrogens (tertiary/aromatic N) is 1. The van der Waals surface area contributed by atoms with Crippen LogP contribution >= 0.6 is 11.6 Å². The van der Waals surface area contributed by atoms with Gasteiger partial charge in [0.25, 0.3) is 5.91 Å². The van der Waals surface area contributed by atoms with Gasteiger partial charge < -0.3 is 15.5 Å². The van der Waals surface area contributed by atoms with Gasteiger partial charge in [0.15, 0.2) is 0 Å². The van der Waals surface area contributed by atoms with Crippen LogP contribution in [-0.4, -0.2) is 28.9 Å². The Balaban J connectivity index is 1.50. The number of benzene rings is 4. The Morgan fingerprint density at radius 3 is 2.44 bits per heavy atom. The minimum Gasteiger partial charge on any atom is -0.506 e. The number of aromatic hydroxyl groups is 1. The first-order valence-corrected chi connectivity index (χ1v) is 11.2. The normalized spacial score (nSPS) is 12.2. The number of phenolic OH excluding ortho intramolecular Hbond substituents is 1. The van der Waals surface area contributed by atoms with Crippen LogP contribution in [0.2, 0.25) is 5.02 Å². The Bertz CT molecular complexity index is 1330. The van der Waals surface area contributed by atoms with Crippen molar-refractivity contribution in [3.63, 3.8) is 0 Å². The van der Waals surface area contributed by atoms with Crippen molar-refractivity contribution in [3.8, 4) is 5.75 Å². The molecular weight excluding hydrogens is 450 g/mol. The van der Waals surface area contributed by atoms with E-state index < -0.39 is 5.91 Å². The molecule has 172 valence electrons. The maximum absolute atomic E-state index is 12.3. The van der Waals surface area contributed by atoms with Gasteiger partial charge in [0, 0.05) is 17.7 Å². The van der Waals surface area contributed by atoms with Gasteiger partial charge in [0.05, 0.1) is 23.9 Å². The quantitative estimate of drug-likeness (QED) is 0.219. The summed E-state index contributed by atoms with van der Waals surface area (Å²) in [6, 6.07) is 25.8. The van der Waals surface area contributed by atoms with E-state index in [2.05, 4.69) is 15.8 Å². The van der Waals surface area contributed by atoms with Crippen molar-refractivity contribution >= 4 is 34.5 Å². The van der Waals surface area contributed by atoms with Crippen LogP contribution in [0.5, 0.6) is 5.75 Å². The molecule has 0 aliphatic rings. The highest BCUT2D eigenvalue weighted by atomic mass is 35.5. The zero-order valence-corrected chi connectivity index (χ0v) is 19.0. The number of nitrogens with one attached hydrogen (secondary N) is 2. The molecule has 7 heteroatoms. The molecule has 0 fully saturated rings. The summed E-state index contributed by atoms with van der Waals surface area (Å²) >= 11 is 5.87. The fourth-order valence-electron chi connectivity index (χ4n) is 3.73. The number of aliphatic hydroxyl groups excluding tert-OH is 1. The molecule has 0 aliphatic carbocycles. The molecule has 0 heterocycles. The maximum atomic E-state index is 12.3. The van der Waals surface area contributed by atoms with E-state index in [1.165, 1.54) is 18.2 Å². The minimum absolute atomic E-state index is 0.00136. The van der Waals surface area contributed by atoms with Crippen LogP contribution in [0, 0.1) is 0 Å². The molecule has 1 atom stereocenters. The molecule has 0 aliphatic heterocycles. The van der Waals surface area contributed by atoms with Gasteiger partial charge in [-0.1, -0.05) is 78.3 Å². The summed E-state index contributed by atoms with van der Waals surface area (Å²) < 4.78 is 0. The summed E-state index contributed by atoms with van der Waals surface area (Å²) in [5.74, 6) is -0.518. The third-order valence-corrected chi connectivity index (χ3v) is 5.85. The van der Waals surface area contributed by atoms with Crippen LogP contribution < -0.4 is 10.7 Å². The zero-order chi connectivity index (χ0) is 23.9. The molecule has 0 unspecified atom stereocenters. The van der Waals surface area contributed by atoms with Gasteiger partial charge in [-0.3, -0.25) is 4.79 Å². The first-order valence-electron chi connectivity index (χ1n) is 10.8. The molecule has 34 heavy (non-hydrogen) atoms. The second-order valence-electron chi connectivity index (χ2n) is 7.75. The summed E-state index contributed by atoms with van der Waals surface area (Å²) in [6.07, 6.45) is 1.60. The predicted molar refractivity (Wildman–Crippen MR) is 135 cm³/mol. The molecular formula is C27H24ClN3O3. The van der Waals surface area contributed by atoms with Gasteiger partial charge in [-0.05, 0) is 40.1 Å². The lowest BCUT2D eigenvalue weighted by atomic mass is 9.99. The average molecular weight is 474 g/mol. The molecule has 4 aromatic rings. The molecule has 0 radical (unpaired) electrons. The smallest absolute Gasteiger partial charge is 0.271 e. The number of phenols is 1. The summed E-state index contributed by atoms with van der Waals surface area (Å²) in [5.41, 5.74) is 5.76. The minimum atomic E-state index is -0.431. The summed E-state index contributed by atoms with van der Waals surface area (Å²) in [6.45, 7) is 0.578. The van der Waals surface area contributed by atoms with Crippen molar-refractivity contribution in [3.05, 3.63) is 112 Å². The highest BCUT2D eigenvalue weighted by molar-refractivity contribution is 6.32. The van der Waals surface area contributed by atoms with E-state index in [0.29, 0.717) is 12.1 Å². The van der Waals surface area contributed by atoms with Crippen molar-refractivity contribution in [2.45, 2.75) is 12.6 Å². The standard InChI is InChI=1S/C27H24ClN3O3/c28-24-14-19(12-13-26(24)33)27(34)31-30-16-21-11-10-20(22-8-4-5-9-23(21)22)15-29-25(17-32)18-6-2-1-3-7-18/h1-14,16,25,29,32-33H,15,17H2,(H,31,34)/t25-/m0/s1. The number of carbonyl (C=O) groups excluding carboxylic acids is 1. The Kier molecular flexibility index (Phi) is 7.54. The molecule has 4 rings (SSSR count). The number of fused-ring (bicyclic) bond motifs is 1. The van der Waals surface area contributed by atoms with E-state index in [-0.39, 0.29) is 23.4 Å². The third-order valence-electron chi connectivity index (χ3n) is 5.55. The van der Waals surface area contributed by atoms with E-state index in [0.717, 1.165) is 27.5 Å². The van der Waals surface area contributed by atoms with E-state index in [4.69, 9.17) is 11.6 Å². The van der Waals surface area contributed by atoms with E-state index in [1.54, 1.807) is 6.21 Å².